The van der Waals surface area contributed by atoms with E-state index in [9.17, 15) is 42.8 Å². The third-order valence-corrected chi connectivity index (χ3v) is 10.8. The predicted octanol–water partition coefficient (Wildman–Crippen LogP) is 5.00. The Balaban J connectivity index is 1.84. The minimum atomic E-state index is -5.68. The Morgan fingerprint density at radius 1 is 0.872 bits per heavy atom. The van der Waals surface area contributed by atoms with Crippen molar-refractivity contribution in [2.24, 2.45) is 0 Å². The molecule has 0 radical (unpaired) electrons. The number of hydrogen-bond donors (Lipinski definition) is 1. The van der Waals surface area contributed by atoms with E-state index in [1.807, 2.05) is 0 Å². The summed E-state index contributed by atoms with van der Waals surface area (Å²) in [6, 6.07) is 12.1. The van der Waals surface area contributed by atoms with Crippen molar-refractivity contribution in [2.75, 3.05) is 0 Å². The molecule has 0 fully saturated rings. The first kappa shape index (κ1) is 29.0. The van der Waals surface area contributed by atoms with Crippen LogP contribution in [0.1, 0.15) is 18.5 Å². The normalized spacial score (nSPS) is 14.0. The van der Waals surface area contributed by atoms with E-state index in [0.717, 1.165) is 49.4 Å². The van der Waals surface area contributed by atoms with Gasteiger partial charge in [-0.1, -0.05) is 35.9 Å². The van der Waals surface area contributed by atoms with Crippen molar-refractivity contribution in [1.29, 1.82) is 0 Å². The van der Waals surface area contributed by atoms with E-state index in [-0.39, 0.29) is 21.5 Å². The summed E-state index contributed by atoms with van der Waals surface area (Å²) in [5.41, 5.74) is -5.66. The van der Waals surface area contributed by atoms with Gasteiger partial charge in [-0.15, -0.1) is 0 Å². The van der Waals surface area contributed by atoms with Crippen LogP contribution in [-0.2, 0) is 29.9 Å². The van der Waals surface area contributed by atoms with Crippen LogP contribution in [0, 0.1) is 5.82 Å². The van der Waals surface area contributed by atoms with E-state index in [1.54, 1.807) is 0 Å². The van der Waals surface area contributed by atoms with Crippen LogP contribution in [0.25, 0.3) is 10.9 Å². The summed E-state index contributed by atoms with van der Waals surface area (Å²) in [5, 5.41) is -0.457. The van der Waals surface area contributed by atoms with Crippen molar-refractivity contribution in [3.05, 3.63) is 89.2 Å². The highest BCUT2D eigenvalue weighted by Crippen LogP contribution is 2.34. The SMILES string of the molecule is C[C@H](NS(=O)(=O)C(F)(F)F)c1ccc(S(=O)(=O)c2cc3cc(Cl)ccc3n2S(=O)(=O)c2ccccc2F)cc1. The molecule has 0 spiro atoms. The van der Waals surface area contributed by atoms with E-state index in [1.165, 1.54) is 35.1 Å². The molecule has 4 rings (SSSR count). The number of halogens is 5. The van der Waals surface area contributed by atoms with E-state index in [0.29, 0.717) is 3.97 Å². The number of aromatic nitrogens is 1. The summed E-state index contributed by atoms with van der Waals surface area (Å²) >= 11 is 6.00. The van der Waals surface area contributed by atoms with Gasteiger partial charge in [0.25, 0.3) is 10.0 Å². The van der Waals surface area contributed by atoms with Crippen molar-refractivity contribution < 1.29 is 42.8 Å². The number of hydrogen-bond acceptors (Lipinski definition) is 6. The van der Waals surface area contributed by atoms with Crippen LogP contribution >= 0.6 is 11.6 Å². The molecule has 1 aromatic heterocycles. The molecule has 8 nitrogen and oxygen atoms in total. The molecule has 16 heteroatoms. The fourth-order valence-corrected chi connectivity index (χ4v) is 8.06. The molecule has 0 saturated carbocycles. The number of rotatable bonds is 7. The van der Waals surface area contributed by atoms with Gasteiger partial charge in [-0.2, -0.15) is 13.2 Å². The molecule has 4 aromatic rings. The smallest absolute Gasteiger partial charge is 0.222 e. The molecule has 1 heterocycles. The number of nitrogens with one attached hydrogen (secondary N) is 1. The minimum absolute atomic E-state index is 0.00641. The van der Waals surface area contributed by atoms with Crippen LogP contribution in [0.5, 0.6) is 0 Å². The highest BCUT2D eigenvalue weighted by atomic mass is 35.5. The van der Waals surface area contributed by atoms with Gasteiger partial charge in [0.15, 0.2) is 5.03 Å². The Bertz CT molecular complexity index is 1910. The van der Waals surface area contributed by atoms with Gasteiger partial charge >= 0.3 is 15.5 Å². The molecule has 0 unspecified atom stereocenters. The zero-order valence-electron chi connectivity index (χ0n) is 19.5. The Morgan fingerprint density at radius 2 is 1.49 bits per heavy atom. The van der Waals surface area contributed by atoms with E-state index >= 15 is 0 Å². The van der Waals surface area contributed by atoms with E-state index in [2.05, 4.69) is 0 Å². The lowest BCUT2D eigenvalue weighted by Gasteiger charge is -2.17. The average molecular weight is 625 g/mol. The highest BCUT2D eigenvalue weighted by molar-refractivity contribution is 7.93. The fraction of sp³-hybridized carbons (Fsp3) is 0.130. The number of fused-ring (bicyclic) bond motifs is 1. The Morgan fingerprint density at radius 3 is 2.08 bits per heavy atom. The maximum Gasteiger partial charge on any atom is 0.511 e. The summed E-state index contributed by atoms with van der Waals surface area (Å²) in [4.78, 5) is -1.24. The molecule has 0 amide bonds. The van der Waals surface area contributed by atoms with E-state index < -0.39 is 62.1 Å². The molecule has 1 atom stereocenters. The van der Waals surface area contributed by atoms with Crippen LogP contribution in [0.15, 0.2) is 87.6 Å². The summed E-state index contributed by atoms with van der Waals surface area (Å²) in [6.07, 6.45) is 0. The van der Waals surface area contributed by atoms with Gasteiger partial charge in [0, 0.05) is 16.5 Å². The monoisotopic (exact) mass is 624 g/mol. The second-order valence-electron chi connectivity index (χ2n) is 8.25. The molecule has 0 aliphatic rings. The van der Waals surface area contributed by atoms with Gasteiger partial charge in [-0.05, 0) is 61.0 Å². The summed E-state index contributed by atoms with van der Waals surface area (Å²) in [5.74, 6) is -1.11. The first-order chi connectivity index (χ1) is 18.0. The Labute approximate surface area is 225 Å². The third-order valence-electron chi connectivity index (χ3n) is 5.64. The molecular formula is C23H17ClF4N2O6S3. The van der Waals surface area contributed by atoms with Crippen LogP contribution in [0.2, 0.25) is 5.02 Å². The van der Waals surface area contributed by atoms with Gasteiger partial charge in [0.05, 0.1) is 10.4 Å². The largest absolute Gasteiger partial charge is 0.511 e. The van der Waals surface area contributed by atoms with Crippen LogP contribution < -0.4 is 4.72 Å². The van der Waals surface area contributed by atoms with Crippen molar-refractivity contribution >= 4 is 52.4 Å². The molecule has 1 N–H and O–H groups in total. The third kappa shape index (κ3) is 5.28. The van der Waals surface area contributed by atoms with Gasteiger partial charge < -0.3 is 0 Å². The molecule has 208 valence electrons. The van der Waals surface area contributed by atoms with Gasteiger partial charge in [0.1, 0.15) is 10.7 Å². The number of alkyl halides is 3. The number of sulfonamides is 1. The molecule has 0 saturated heterocycles. The quantitative estimate of drug-likeness (QED) is 0.289. The van der Waals surface area contributed by atoms with Crippen molar-refractivity contribution in [3.8, 4) is 0 Å². The maximum atomic E-state index is 14.5. The first-order valence-electron chi connectivity index (χ1n) is 10.7. The van der Waals surface area contributed by atoms with Gasteiger partial charge in [-0.25, -0.2) is 38.3 Å². The average Bonchev–Trinajstić information content (AvgIpc) is 3.23. The highest BCUT2D eigenvalue weighted by Gasteiger charge is 2.46. The maximum absolute atomic E-state index is 14.5. The first-order valence-corrected chi connectivity index (χ1v) is 15.5. The van der Waals surface area contributed by atoms with Gasteiger partial charge in [0.2, 0.25) is 9.84 Å². The topological polar surface area (TPSA) is 119 Å². The van der Waals surface area contributed by atoms with Crippen LogP contribution in [0.4, 0.5) is 17.6 Å². The zero-order valence-corrected chi connectivity index (χ0v) is 22.7. The summed E-state index contributed by atoms with van der Waals surface area (Å²) in [7, 11) is -15.1. The second kappa shape index (κ2) is 9.89. The zero-order chi connectivity index (χ0) is 29.0. The second-order valence-corrected chi connectivity index (χ2v) is 14.0. The Hall–Kier alpha value is -2.98. The predicted molar refractivity (Wildman–Crippen MR) is 134 cm³/mol. The lowest BCUT2D eigenvalue weighted by atomic mass is 10.1. The summed E-state index contributed by atoms with van der Waals surface area (Å²) in [6.45, 7) is 1.12. The number of sulfone groups is 1. The summed E-state index contributed by atoms with van der Waals surface area (Å²) < 4.78 is 132. The molecule has 0 bridgehead atoms. The van der Waals surface area contributed by atoms with Crippen LogP contribution in [0.3, 0.4) is 0 Å². The molecular weight excluding hydrogens is 608 g/mol. The number of nitrogens with zero attached hydrogens (tertiary/aromatic N) is 1. The lowest BCUT2D eigenvalue weighted by molar-refractivity contribution is -0.0450. The number of benzene rings is 3. The fourth-order valence-electron chi connectivity index (χ4n) is 3.75. The Kier molecular flexibility index (Phi) is 7.36. The van der Waals surface area contributed by atoms with E-state index in [4.69, 9.17) is 11.6 Å². The molecule has 3 aromatic carbocycles. The minimum Gasteiger partial charge on any atom is -0.222 e. The van der Waals surface area contributed by atoms with Crippen molar-refractivity contribution in [3.63, 3.8) is 0 Å². The lowest BCUT2D eigenvalue weighted by Crippen LogP contribution is -2.37. The standard InChI is InChI=1S/C23H17ClF4N2O6S3/c1-14(29-39(35,36)23(26,27)28)15-6-9-18(10-7-15)37(31,32)22-13-16-12-17(24)8-11-20(16)30(22)38(33,34)21-5-3-2-4-19(21)25/h2-14,29H,1H3/t14-/m0/s1. The van der Waals surface area contributed by atoms with Gasteiger partial charge in [-0.3, -0.25) is 0 Å². The van der Waals surface area contributed by atoms with Crippen molar-refractivity contribution in [2.45, 2.75) is 33.3 Å². The van der Waals surface area contributed by atoms with Crippen molar-refractivity contribution in [1.82, 2.24) is 8.69 Å². The molecule has 39 heavy (non-hydrogen) atoms. The van der Waals surface area contributed by atoms with Crippen LogP contribution in [-0.4, -0.2) is 34.7 Å². The molecule has 0 aliphatic heterocycles. The molecule has 0 aliphatic carbocycles.